The molecule has 1 atom stereocenters. The van der Waals surface area contributed by atoms with Gasteiger partial charge in [-0.2, -0.15) is 0 Å². The molecule has 0 amide bonds. The van der Waals surface area contributed by atoms with E-state index in [0.717, 1.165) is 6.92 Å². The summed E-state index contributed by atoms with van der Waals surface area (Å²) in [7, 11) is 0. The summed E-state index contributed by atoms with van der Waals surface area (Å²) in [4.78, 5) is 10.5. The number of aliphatic hydroxyl groups is 1. The minimum atomic E-state index is -2.14. The zero-order valence-electron chi connectivity index (χ0n) is 8.80. The lowest BCUT2D eigenvalue weighted by Crippen LogP contribution is -2.41. The Kier molecular flexibility index (Phi) is 3.62. The monoisotopic (exact) mass is 249 g/mol. The van der Waals surface area contributed by atoms with Gasteiger partial charge in [-0.15, -0.1) is 0 Å². The molecule has 1 aromatic carbocycles. The molecule has 0 fully saturated rings. The third kappa shape index (κ3) is 3.10. The fourth-order valence-corrected chi connectivity index (χ4v) is 1.00. The molecule has 0 saturated carbocycles. The summed E-state index contributed by atoms with van der Waals surface area (Å²) in [5.41, 5.74) is -2.57. The van der Waals surface area contributed by atoms with E-state index in [4.69, 9.17) is 5.11 Å². The van der Waals surface area contributed by atoms with Gasteiger partial charge in [-0.3, -0.25) is 0 Å². The smallest absolute Gasteiger partial charge is 0.337 e. The van der Waals surface area contributed by atoms with E-state index in [9.17, 15) is 23.1 Å². The van der Waals surface area contributed by atoms with E-state index < -0.39 is 41.3 Å². The van der Waals surface area contributed by atoms with Gasteiger partial charge in [0.05, 0.1) is 12.2 Å². The maximum Gasteiger partial charge on any atom is 0.337 e. The summed E-state index contributed by atoms with van der Waals surface area (Å²) in [5, 5.41) is 20.1. The van der Waals surface area contributed by atoms with Gasteiger partial charge < -0.3 is 15.5 Å². The second kappa shape index (κ2) is 4.62. The maximum atomic E-state index is 13.1. The molecule has 0 aliphatic carbocycles. The Morgan fingerprint density at radius 1 is 1.29 bits per heavy atom. The number of anilines is 1. The minimum Gasteiger partial charge on any atom is -0.479 e. The van der Waals surface area contributed by atoms with Gasteiger partial charge in [0.15, 0.2) is 17.2 Å². The van der Waals surface area contributed by atoms with E-state index in [1.165, 1.54) is 0 Å². The van der Waals surface area contributed by atoms with E-state index >= 15 is 0 Å². The number of nitrogens with one attached hydrogen (secondary N) is 1. The van der Waals surface area contributed by atoms with Crippen LogP contribution in [0, 0.1) is 17.5 Å². The first-order valence-corrected chi connectivity index (χ1v) is 4.58. The quantitative estimate of drug-likeness (QED) is 0.704. The molecule has 4 nitrogen and oxygen atoms in total. The van der Waals surface area contributed by atoms with Crippen LogP contribution >= 0.6 is 0 Å². The van der Waals surface area contributed by atoms with Crippen molar-refractivity contribution in [2.24, 2.45) is 0 Å². The number of carbonyl (C=O) groups is 1. The van der Waals surface area contributed by atoms with Crippen LogP contribution in [0.1, 0.15) is 6.92 Å². The summed E-state index contributed by atoms with van der Waals surface area (Å²) in [5.74, 6) is -5.22. The first-order valence-electron chi connectivity index (χ1n) is 4.58. The summed E-state index contributed by atoms with van der Waals surface area (Å²) in [6.45, 7) is 0.435. The van der Waals surface area contributed by atoms with Crippen LogP contribution in [-0.4, -0.2) is 28.3 Å². The van der Waals surface area contributed by atoms with Crippen LogP contribution in [-0.2, 0) is 4.79 Å². The molecular weight excluding hydrogens is 239 g/mol. The zero-order chi connectivity index (χ0) is 13.2. The highest BCUT2D eigenvalue weighted by Crippen LogP contribution is 2.19. The van der Waals surface area contributed by atoms with Crippen molar-refractivity contribution in [3.8, 4) is 0 Å². The van der Waals surface area contributed by atoms with Crippen molar-refractivity contribution < 1.29 is 28.2 Å². The van der Waals surface area contributed by atoms with Crippen LogP contribution in [0.3, 0.4) is 0 Å². The summed E-state index contributed by atoms with van der Waals surface area (Å²) < 4.78 is 38.5. The molecule has 17 heavy (non-hydrogen) atoms. The average molecular weight is 249 g/mol. The van der Waals surface area contributed by atoms with Crippen molar-refractivity contribution in [2.45, 2.75) is 12.5 Å². The van der Waals surface area contributed by atoms with Gasteiger partial charge >= 0.3 is 5.97 Å². The maximum absolute atomic E-state index is 13.1. The highest BCUT2D eigenvalue weighted by molar-refractivity contribution is 5.77. The van der Waals surface area contributed by atoms with Crippen molar-refractivity contribution in [2.75, 3.05) is 11.9 Å². The summed E-state index contributed by atoms with van der Waals surface area (Å²) in [6.07, 6.45) is 0. The normalized spacial score (nSPS) is 14.2. The first kappa shape index (κ1) is 13.3. The predicted octanol–water partition coefficient (Wildman–Crippen LogP) is 1.35. The van der Waals surface area contributed by atoms with Crippen LogP contribution in [0.5, 0.6) is 0 Å². The van der Waals surface area contributed by atoms with Crippen molar-refractivity contribution in [3.05, 3.63) is 29.6 Å². The van der Waals surface area contributed by atoms with Gasteiger partial charge in [0.1, 0.15) is 5.82 Å². The summed E-state index contributed by atoms with van der Waals surface area (Å²) >= 11 is 0. The van der Waals surface area contributed by atoms with Crippen molar-refractivity contribution >= 4 is 11.7 Å². The molecule has 0 heterocycles. The number of carboxylic acids is 1. The SMILES string of the molecule is CC(O)(CNc1cc(F)c(F)cc1F)C(=O)O. The van der Waals surface area contributed by atoms with E-state index in [0.29, 0.717) is 12.1 Å². The number of hydrogen-bond donors (Lipinski definition) is 3. The number of carboxylic acid groups (broad SMARTS) is 1. The molecular formula is C10H10F3NO3. The number of halogens is 3. The number of benzene rings is 1. The van der Waals surface area contributed by atoms with Crippen molar-refractivity contribution in [1.29, 1.82) is 0 Å². The Morgan fingerprint density at radius 3 is 2.35 bits per heavy atom. The molecule has 1 rings (SSSR count). The lowest BCUT2D eigenvalue weighted by atomic mass is 10.1. The highest BCUT2D eigenvalue weighted by atomic mass is 19.2. The van der Waals surface area contributed by atoms with Gasteiger partial charge in [-0.05, 0) is 6.92 Å². The predicted molar refractivity (Wildman–Crippen MR) is 53.1 cm³/mol. The van der Waals surface area contributed by atoms with E-state index in [1.807, 2.05) is 0 Å². The van der Waals surface area contributed by atoms with E-state index in [1.54, 1.807) is 0 Å². The third-order valence-corrected chi connectivity index (χ3v) is 2.09. The van der Waals surface area contributed by atoms with Gasteiger partial charge in [0.25, 0.3) is 0 Å². The fraction of sp³-hybridized carbons (Fsp3) is 0.300. The number of aliphatic carboxylic acids is 1. The van der Waals surface area contributed by atoms with Crippen LogP contribution in [0.2, 0.25) is 0 Å². The molecule has 0 radical (unpaired) electrons. The van der Waals surface area contributed by atoms with Crippen molar-refractivity contribution in [3.63, 3.8) is 0 Å². The largest absolute Gasteiger partial charge is 0.479 e. The first-order chi connectivity index (χ1) is 7.74. The van der Waals surface area contributed by atoms with Crippen LogP contribution in [0.25, 0.3) is 0 Å². The molecule has 0 spiro atoms. The highest BCUT2D eigenvalue weighted by Gasteiger charge is 2.29. The van der Waals surface area contributed by atoms with E-state index in [2.05, 4.69) is 5.32 Å². The van der Waals surface area contributed by atoms with Crippen molar-refractivity contribution in [1.82, 2.24) is 0 Å². The van der Waals surface area contributed by atoms with Crippen LogP contribution < -0.4 is 5.32 Å². The van der Waals surface area contributed by atoms with Gasteiger partial charge in [0, 0.05) is 12.1 Å². The topological polar surface area (TPSA) is 69.6 Å². The van der Waals surface area contributed by atoms with Crippen LogP contribution in [0.4, 0.5) is 18.9 Å². The molecule has 7 heteroatoms. The number of hydrogen-bond acceptors (Lipinski definition) is 3. The molecule has 3 N–H and O–H groups in total. The molecule has 94 valence electrons. The molecule has 0 aliphatic rings. The Balaban J connectivity index is 2.83. The minimum absolute atomic E-state index is 0.327. The van der Waals surface area contributed by atoms with E-state index in [-0.39, 0.29) is 0 Å². The van der Waals surface area contributed by atoms with Gasteiger partial charge in [-0.25, -0.2) is 18.0 Å². The second-order valence-corrected chi connectivity index (χ2v) is 3.68. The third-order valence-electron chi connectivity index (χ3n) is 2.09. The molecule has 0 saturated heterocycles. The Morgan fingerprint density at radius 2 is 1.82 bits per heavy atom. The van der Waals surface area contributed by atoms with Gasteiger partial charge in [0.2, 0.25) is 0 Å². The lowest BCUT2D eigenvalue weighted by Gasteiger charge is -2.19. The molecule has 0 aromatic heterocycles. The molecule has 0 bridgehead atoms. The summed E-state index contributed by atoms with van der Waals surface area (Å²) in [6, 6.07) is 0.871. The second-order valence-electron chi connectivity index (χ2n) is 3.68. The average Bonchev–Trinajstić information content (AvgIpc) is 2.21. The zero-order valence-corrected chi connectivity index (χ0v) is 8.80. The Hall–Kier alpha value is -1.76. The molecule has 1 aromatic rings. The Bertz CT molecular complexity index is 449. The molecule has 1 unspecified atom stereocenters. The standard InChI is InChI=1S/C10H10F3NO3/c1-10(17,9(15)16)4-14-8-3-6(12)5(11)2-7(8)13/h2-3,14,17H,4H2,1H3,(H,15,16). The van der Waals surface area contributed by atoms with Gasteiger partial charge in [-0.1, -0.05) is 0 Å². The van der Waals surface area contributed by atoms with Crippen LogP contribution in [0.15, 0.2) is 12.1 Å². The fourth-order valence-electron chi connectivity index (χ4n) is 1.00. The molecule has 0 aliphatic heterocycles. The number of rotatable bonds is 4. The Labute approximate surface area is 94.7 Å². The lowest BCUT2D eigenvalue weighted by molar-refractivity contribution is -0.155.